The van der Waals surface area contributed by atoms with Crippen LogP contribution in [-0.4, -0.2) is 41.8 Å². The molecule has 10 heteroatoms. The van der Waals surface area contributed by atoms with Gasteiger partial charge in [-0.05, 0) is 37.6 Å². The largest absolute Gasteiger partial charge is 0.416 e. The Bertz CT molecular complexity index is 672. The minimum absolute atomic E-state index is 0. The van der Waals surface area contributed by atoms with E-state index in [4.69, 9.17) is 4.74 Å². The van der Waals surface area contributed by atoms with E-state index in [0.29, 0.717) is 6.61 Å². The molecule has 2 N–H and O–H groups in total. The molecule has 26 heavy (non-hydrogen) atoms. The third-order valence-electron chi connectivity index (χ3n) is 4.45. The molecule has 0 unspecified atom stereocenters. The molecule has 1 aliphatic heterocycles. The highest BCUT2D eigenvalue weighted by molar-refractivity contribution is 7.88. The summed E-state index contributed by atoms with van der Waals surface area (Å²) in [6, 6.07) is 4.73. The number of sulfonamides is 1. The number of halogens is 4. The molecule has 1 aromatic rings. The first-order valence-electron chi connectivity index (χ1n) is 8.00. The topological polar surface area (TPSA) is 67.4 Å². The second-order valence-corrected chi connectivity index (χ2v) is 8.22. The molecule has 1 aromatic carbocycles. The molecule has 5 nitrogen and oxygen atoms in total. The second kappa shape index (κ2) is 9.36. The van der Waals surface area contributed by atoms with E-state index in [1.165, 1.54) is 18.2 Å². The van der Waals surface area contributed by atoms with Crippen LogP contribution >= 0.6 is 12.4 Å². The summed E-state index contributed by atoms with van der Waals surface area (Å²) in [5.74, 6) is -0.704. The van der Waals surface area contributed by atoms with Gasteiger partial charge in [-0.25, -0.2) is 13.1 Å². The van der Waals surface area contributed by atoms with Gasteiger partial charge in [-0.15, -0.1) is 12.4 Å². The average Bonchev–Trinajstić information content (AvgIpc) is 2.54. The number of nitrogens with one attached hydrogen (secondary N) is 2. The van der Waals surface area contributed by atoms with Crippen LogP contribution in [0.3, 0.4) is 0 Å². The summed E-state index contributed by atoms with van der Waals surface area (Å²) in [5, 5.41) is 3.20. The Labute approximate surface area is 158 Å². The van der Waals surface area contributed by atoms with Gasteiger partial charge in [0.1, 0.15) is 0 Å². The molecular weight excluding hydrogens is 393 g/mol. The van der Waals surface area contributed by atoms with Gasteiger partial charge in [0.25, 0.3) is 0 Å². The second-order valence-electron chi connectivity index (χ2n) is 6.42. The zero-order chi connectivity index (χ0) is 18.6. The Kier molecular flexibility index (Phi) is 8.34. The van der Waals surface area contributed by atoms with Gasteiger partial charge in [0, 0.05) is 19.1 Å². The molecule has 1 aliphatic rings. The molecular formula is C16H24ClF3N2O3S. The van der Waals surface area contributed by atoms with E-state index in [1.54, 1.807) is 7.11 Å². The molecule has 0 spiro atoms. The quantitative estimate of drug-likeness (QED) is 0.717. The van der Waals surface area contributed by atoms with Crippen LogP contribution in [0.4, 0.5) is 13.2 Å². The van der Waals surface area contributed by atoms with Gasteiger partial charge in [-0.2, -0.15) is 13.2 Å². The third kappa shape index (κ3) is 6.38. The molecule has 1 saturated heterocycles. The van der Waals surface area contributed by atoms with Gasteiger partial charge >= 0.3 is 6.18 Å². The number of piperidine rings is 1. The lowest BCUT2D eigenvalue weighted by Gasteiger charge is -2.37. The smallest absolute Gasteiger partial charge is 0.384 e. The van der Waals surface area contributed by atoms with Crippen LogP contribution < -0.4 is 10.0 Å². The number of methoxy groups -OCH3 is 1. The van der Waals surface area contributed by atoms with Crippen molar-refractivity contribution in [3.8, 4) is 0 Å². The summed E-state index contributed by atoms with van der Waals surface area (Å²) in [7, 11) is -2.35. The number of alkyl halides is 3. The fourth-order valence-electron chi connectivity index (χ4n) is 3.08. The van der Waals surface area contributed by atoms with Crippen molar-refractivity contribution in [2.24, 2.45) is 5.41 Å². The highest BCUT2D eigenvalue weighted by Crippen LogP contribution is 2.33. The van der Waals surface area contributed by atoms with Gasteiger partial charge in [-0.1, -0.05) is 18.2 Å². The van der Waals surface area contributed by atoms with Crippen LogP contribution in [0.5, 0.6) is 0 Å². The van der Waals surface area contributed by atoms with Crippen molar-refractivity contribution in [3.63, 3.8) is 0 Å². The molecule has 0 amide bonds. The van der Waals surface area contributed by atoms with Crippen LogP contribution in [0.25, 0.3) is 0 Å². The number of benzene rings is 1. The first kappa shape index (κ1) is 23.2. The summed E-state index contributed by atoms with van der Waals surface area (Å²) in [5.41, 5.74) is -1.51. The molecule has 2 rings (SSSR count). The summed E-state index contributed by atoms with van der Waals surface area (Å²) >= 11 is 0. The van der Waals surface area contributed by atoms with Crippen molar-refractivity contribution >= 4 is 22.4 Å². The minimum atomic E-state index is -4.58. The Morgan fingerprint density at radius 1 is 1.23 bits per heavy atom. The van der Waals surface area contributed by atoms with Crippen LogP contribution in [-0.2, 0) is 26.7 Å². The standard InChI is InChI=1S/C16H23F3N2O3S.ClH/c1-24-12-15(6-8-20-9-7-15)11-21-25(22,23)10-13-4-2-3-5-14(13)16(17,18)19;/h2-5,20-21H,6-12H2,1H3;1H. The van der Waals surface area contributed by atoms with Crippen molar-refractivity contribution in [1.29, 1.82) is 0 Å². The Morgan fingerprint density at radius 3 is 2.42 bits per heavy atom. The van der Waals surface area contributed by atoms with Crippen molar-refractivity contribution in [2.75, 3.05) is 33.4 Å². The van der Waals surface area contributed by atoms with Crippen LogP contribution in [0, 0.1) is 5.41 Å². The van der Waals surface area contributed by atoms with Gasteiger partial charge in [0.2, 0.25) is 10.0 Å². The fourth-order valence-corrected chi connectivity index (χ4v) is 4.37. The first-order valence-corrected chi connectivity index (χ1v) is 9.65. The maximum atomic E-state index is 13.0. The Morgan fingerprint density at radius 2 is 1.85 bits per heavy atom. The van der Waals surface area contributed by atoms with Gasteiger partial charge in [-0.3, -0.25) is 0 Å². The lowest BCUT2D eigenvalue weighted by molar-refractivity contribution is -0.138. The van der Waals surface area contributed by atoms with Gasteiger partial charge < -0.3 is 10.1 Å². The number of hydrogen-bond acceptors (Lipinski definition) is 4. The van der Waals surface area contributed by atoms with Gasteiger partial charge in [0.05, 0.1) is 17.9 Å². The highest BCUT2D eigenvalue weighted by atomic mass is 35.5. The highest BCUT2D eigenvalue weighted by Gasteiger charge is 2.36. The van der Waals surface area contributed by atoms with Crippen molar-refractivity contribution in [2.45, 2.75) is 24.8 Å². The zero-order valence-electron chi connectivity index (χ0n) is 14.4. The summed E-state index contributed by atoms with van der Waals surface area (Å²) in [6.07, 6.45) is -3.11. The maximum Gasteiger partial charge on any atom is 0.416 e. The number of ether oxygens (including phenoxy) is 1. The molecule has 150 valence electrons. The van der Waals surface area contributed by atoms with E-state index in [1.807, 2.05) is 0 Å². The summed E-state index contributed by atoms with van der Waals surface area (Å²) in [4.78, 5) is 0. The van der Waals surface area contributed by atoms with Gasteiger partial charge in [0.15, 0.2) is 0 Å². The molecule has 0 aromatic heterocycles. The molecule has 1 heterocycles. The lowest BCUT2D eigenvalue weighted by atomic mass is 9.80. The predicted molar refractivity (Wildman–Crippen MR) is 95.7 cm³/mol. The predicted octanol–water partition coefficient (Wildman–Crippen LogP) is 2.56. The van der Waals surface area contributed by atoms with Crippen LogP contribution in [0.15, 0.2) is 24.3 Å². The molecule has 0 atom stereocenters. The normalized spacial score (nSPS) is 17.5. The van der Waals surface area contributed by atoms with Crippen molar-refractivity contribution in [3.05, 3.63) is 35.4 Å². The van der Waals surface area contributed by atoms with E-state index in [9.17, 15) is 21.6 Å². The average molecular weight is 417 g/mol. The zero-order valence-corrected chi connectivity index (χ0v) is 16.1. The number of rotatable bonds is 7. The fraction of sp³-hybridized carbons (Fsp3) is 0.625. The van der Waals surface area contributed by atoms with E-state index < -0.39 is 27.5 Å². The van der Waals surface area contributed by atoms with Crippen LogP contribution in [0.1, 0.15) is 24.0 Å². The summed E-state index contributed by atoms with van der Waals surface area (Å²) in [6.45, 7) is 2.05. The SMILES string of the molecule is COCC1(CNS(=O)(=O)Cc2ccccc2C(F)(F)F)CCNCC1.Cl. The van der Waals surface area contributed by atoms with E-state index in [-0.39, 0.29) is 29.9 Å². The minimum Gasteiger partial charge on any atom is -0.384 e. The van der Waals surface area contributed by atoms with E-state index in [0.717, 1.165) is 32.0 Å². The first-order chi connectivity index (χ1) is 11.7. The molecule has 0 radical (unpaired) electrons. The monoisotopic (exact) mass is 416 g/mol. The maximum absolute atomic E-state index is 13.0. The van der Waals surface area contributed by atoms with E-state index >= 15 is 0 Å². The summed E-state index contributed by atoms with van der Waals surface area (Å²) < 4.78 is 71.4. The number of hydrogen-bond donors (Lipinski definition) is 2. The third-order valence-corrected chi connectivity index (χ3v) is 5.73. The molecule has 1 fully saturated rings. The van der Waals surface area contributed by atoms with Crippen molar-refractivity contribution in [1.82, 2.24) is 10.0 Å². The van der Waals surface area contributed by atoms with E-state index in [2.05, 4.69) is 10.0 Å². The van der Waals surface area contributed by atoms with Crippen molar-refractivity contribution < 1.29 is 26.3 Å². The van der Waals surface area contributed by atoms with Crippen LogP contribution in [0.2, 0.25) is 0 Å². The Hall–Kier alpha value is -0.870. The molecule has 0 bridgehead atoms. The lowest BCUT2D eigenvalue weighted by Crippen LogP contribution is -2.47. The molecule has 0 saturated carbocycles. The molecule has 0 aliphatic carbocycles. The Balaban J connectivity index is 0.00000338.